The van der Waals surface area contributed by atoms with Crippen molar-refractivity contribution >= 4 is 13.8 Å². The van der Waals surface area contributed by atoms with Gasteiger partial charge in [0.1, 0.15) is 19.3 Å². The summed E-state index contributed by atoms with van der Waals surface area (Å²) in [4.78, 5) is 25.1. The summed E-state index contributed by atoms with van der Waals surface area (Å²) in [6.45, 7) is 5.31. The molecule has 9 nitrogen and oxygen atoms in total. The van der Waals surface area contributed by atoms with Gasteiger partial charge in [0.15, 0.2) is 0 Å². The number of carbonyl (C=O) groups excluding carboxylic acids is 1. The van der Waals surface area contributed by atoms with E-state index in [-0.39, 0.29) is 32.2 Å². The second-order valence-corrected chi connectivity index (χ2v) is 18.2. The van der Waals surface area contributed by atoms with Gasteiger partial charge in [0.2, 0.25) is 0 Å². The standard InChI is InChI=1S/C46H86NO8P/c1-6-8-10-12-14-15-16-17-18-19-20-21-22-26-30-34-39-51-41-43(42-53-56(49,50)52-40-38-47(3,4)5)54-46(48)37-33-29-25-23-24-28-32-36-45-44(55-45)35-31-27-13-11-9-7-2/h23,25,27-28,31-32,43-45H,6-22,24,26,29-30,33-42H2,1-5H3/b25-23-,31-27+,32-28-. The Labute approximate surface area is 344 Å². The molecule has 0 N–H and O–H groups in total. The molecule has 10 heteroatoms. The first-order chi connectivity index (χ1) is 27.1. The fourth-order valence-corrected chi connectivity index (χ4v) is 7.13. The summed E-state index contributed by atoms with van der Waals surface area (Å²) in [6, 6.07) is 0. The van der Waals surface area contributed by atoms with Crippen LogP contribution in [0, 0.1) is 0 Å². The summed E-state index contributed by atoms with van der Waals surface area (Å²) in [7, 11) is 1.32. The molecule has 0 bridgehead atoms. The Bertz CT molecular complexity index is 1060. The Morgan fingerprint density at radius 3 is 1.73 bits per heavy atom. The minimum atomic E-state index is -4.54. The molecule has 0 saturated carbocycles. The molecule has 0 aliphatic carbocycles. The first-order valence-electron chi connectivity index (χ1n) is 22.8. The third kappa shape index (κ3) is 35.8. The van der Waals surface area contributed by atoms with Crippen LogP contribution in [0.2, 0.25) is 0 Å². The third-order valence-electron chi connectivity index (χ3n) is 10.1. The molecule has 1 rings (SSSR count). The number of likely N-dealkylation sites (N-methyl/N-ethyl adjacent to an activating group) is 1. The van der Waals surface area contributed by atoms with Crippen molar-refractivity contribution in [1.29, 1.82) is 0 Å². The number of nitrogens with zero attached hydrogens (tertiary/aromatic N) is 1. The van der Waals surface area contributed by atoms with Crippen molar-refractivity contribution in [3.63, 3.8) is 0 Å². The van der Waals surface area contributed by atoms with Crippen molar-refractivity contribution in [1.82, 2.24) is 0 Å². The Hall–Kier alpha value is -1.32. The molecule has 1 aliphatic rings. The van der Waals surface area contributed by atoms with E-state index in [1.807, 2.05) is 21.1 Å². The van der Waals surface area contributed by atoms with Gasteiger partial charge in [-0.1, -0.05) is 159 Å². The van der Waals surface area contributed by atoms with Gasteiger partial charge in [-0.05, 0) is 51.4 Å². The van der Waals surface area contributed by atoms with Crippen LogP contribution in [-0.2, 0) is 32.6 Å². The molecule has 0 aromatic heterocycles. The maximum Gasteiger partial charge on any atom is 0.306 e. The molecule has 0 radical (unpaired) electrons. The zero-order valence-electron chi connectivity index (χ0n) is 36.8. The van der Waals surface area contributed by atoms with E-state index in [4.69, 9.17) is 23.3 Å². The topological polar surface area (TPSA) is 107 Å². The number of phosphoric acid groups is 1. The number of hydrogen-bond donors (Lipinski definition) is 0. The van der Waals surface area contributed by atoms with Crippen LogP contribution in [0.25, 0.3) is 0 Å². The van der Waals surface area contributed by atoms with Gasteiger partial charge in [-0.15, -0.1) is 0 Å². The fourth-order valence-electron chi connectivity index (χ4n) is 6.40. The summed E-state index contributed by atoms with van der Waals surface area (Å²) in [5.74, 6) is -0.389. The third-order valence-corrected chi connectivity index (χ3v) is 11.1. The van der Waals surface area contributed by atoms with E-state index in [0.29, 0.717) is 36.3 Å². The lowest BCUT2D eigenvalue weighted by molar-refractivity contribution is -0.870. The average Bonchev–Trinajstić information content (AvgIpc) is 3.91. The summed E-state index contributed by atoms with van der Waals surface area (Å²) in [5.41, 5.74) is 0. The van der Waals surface area contributed by atoms with E-state index in [0.717, 1.165) is 38.5 Å². The van der Waals surface area contributed by atoms with Crippen LogP contribution in [0.1, 0.15) is 181 Å². The van der Waals surface area contributed by atoms with Crippen molar-refractivity contribution in [2.75, 3.05) is 54.1 Å². The van der Waals surface area contributed by atoms with Gasteiger partial charge in [0.25, 0.3) is 7.82 Å². The van der Waals surface area contributed by atoms with Gasteiger partial charge in [0.05, 0.1) is 46.6 Å². The minimum absolute atomic E-state index is 0.0142. The van der Waals surface area contributed by atoms with E-state index >= 15 is 0 Å². The van der Waals surface area contributed by atoms with Crippen LogP contribution in [0.15, 0.2) is 36.5 Å². The molecule has 0 amide bonds. The van der Waals surface area contributed by atoms with Gasteiger partial charge >= 0.3 is 5.97 Å². The summed E-state index contributed by atoms with van der Waals surface area (Å²) in [5, 5.41) is 0. The zero-order chi connectivity index (χ0) is 41.0. The van der Waals surface area contributed by atoms with Crippen LogP contribution < -0.4 is 4.89 Å². The fraction of sp³-hybridized carbons (Fsp3) is 0.848. The molecule has 1 saturated heterocycles. The number of quaternary nitrogens is 1. The van der Waals surface area contributed by atoms with Crippen molar-refractivity contribution in [2.24, 2.45) is 0 Å². The van der Waals surface area contributed by atoms with Crippen molar-refractivity contribution in [3.05, 3.63) is 36.5 Å². The molecule has 4 atom stereocenters. The monoisotopic (exact) mass is 812 g/mol. The highest BCUT2D eigenvalue weighted by Crippen LogP contribution is 2.38. The van der Waals surface area contributed by atoms with E-state index in [2.05, 4.69) is 50.3 Å². The largest absolute Gasteiger partial charge is 0.756 e. The maximum atomic E-state index is 12.7. The number of hydrogen-bond acceptors (Lipinski definition) is 8. The molecule has 328 valence electrons. The molecule has 1 fully saturated rings. The SMILES string of the molecule is CCCCC/C=C/CC1OC1C/C=C\C/C=C\CCCC(=O)OC(COCCCCCCCCCCCCCCCCCC)COP(=O)([O-])OCC[N+](C)(C)C. The van der Waals surface area contributed by atoms with Crippen molar-refractivity contribution in [3.8, 4) is 0 Å². The Morgan fingerprint density at radius 2 is 1.14 bits per heavy atom. The summed E-state index contributed by atoms with van der Waals surface area (Å²) >= 11 is 0. The predicted octanol–water partition coefficient (Wildman–Crippen LogP) is 11.7. The molecule has 0 spiro atoms. The first kappa shape index (κ1) is 52.7. The molecule has 0 aromatic rings. The Kier molecular flexibility index (Phi) is 33.5. The minimum Gasteiger partial charge on any atom is -0.756 e. The summed E-state index contributed by atoms with van der Waals surface area (Å²) in [6.07, 6.45) is 43.3. The lowest BCUT2D eigenvalue weighted by atomic mass is 10.0. The second kappa shape index (κ2) is 35.6. The van der Waals surface area contributed by atoms with E-state index in [9.17, 15) is 14.3 Å². The van der Waals surface area contributed by atoms with E-state index < -0.39 is 13.9 Å². The van der Waals surface area contributed by atoms with Gasteiger partial charge in [0, 0.05) is 13.0 Å². The Balaban J connectivity index is 2.25. The van der Waals surface area contributed by atoms with Gasteiger partial charge < -0.3 is 32.6 Å². The van der Waals surface area contributed by atoms with E-state index in [1.54, 1.807) is 0 Å². The predicted molar refractivity (Wildman–Crippen MR) is 231 cm³/mol. The van der Waals surface area contributed by atoms with Crippen molar-refractivity contribution < 1.29 is 42.0 Å². The van der Waals surface area contributed by atoms with Gasteiger partial charge in [-0.25, -0.2) is 0 Å². The summed E-state index contributed by atoms with van der Waals surface area (Å²) < 4.78 is 40.3. The lowest BCUT2D eigenvalue weighted by Gasteiger charge is -2.28. The number of carbonyl (C=O) groups is 1. The number of phosphoric ester groups is 1. The van der Waals surface area contributed by atoms with Crippen LogP contribution in [0.5, 0.6) is 0 Å². The number of esters is 1. The van der Waals surface area contributed by atoms with Crippen LogP contribution in [0.4, 0.5) is 0 Å². The van der Waals surface area contributed by atoms with E-state index in [1.165, 1.54) is 116 Å². The molecular weight excluding hydrogens is 725 g/mol. The molecule has 56 heavy (non-hydrogen) atoms. The van der Waals surface area contributed by atoms with Crippen LogP contribution >= 0.6 is 7.82 Å². The highest BCUT2D eigenvalue weighted by Gasteiger charge is 2.36. The second-order valence-electron chi connectivity index (χ2n) is 16.8. The highest BCUT2D eigenvalue weighted by atomic mass is 31.2. The number of allylic oxidation sites excluding steroid dienone is 4. The van der Waals surface area contributed by atoms with Gasteiger partial charge in [-0.3, -0.25) is 9.36 Å². The van der Waals surface area contributed by atoms with Crippen molar-refractivity contribution in [2.45, 2.75) is 199 Å². The molecule has 1 aliphatic heterocycles. The molecule has 1 heterocycles. The quantitative estimate of drug-likeness (QED) is 0.0150. The average molecular weight is 812 g/mol. The maximum absolute atomic E-state index is 12.7. The van der Waals surface area contributed by atoms with Crippen LogP contribution in [-0.4, -0.2) is 82.9 Å². The zero-order valence-corrected chi connectivity index (χ0v) is 37.7. The molecule has 0 aromatic carbocycles. The number of ether oxygens (including phenoxy) is 3. The number of unbranched alkanes of at least 4 members (excludes halogenated alkanes) is 19. The van der Waals surface area contributed by atoms with Crippen LogP contribution in [0.3, 0.4) is 0 Å². The number of rotatable bonds is 41. The smallest absolute Gasteiger partial charge is 0.306 e. The number of epoxide rings is 1. The molecule has 4 unspecified atom stereocenters. The Morgan fingerprint density at radius 1 is 0.643 bits per heavy atom. The highest BCUT2D eigenvalue weighted by molar-refractivity contribution is 7.45. The normalized spacial score (nSPS) is 17.7. The lowest BCUT2D eigenvalue weighted by Crippen LogP contribution is -2.37. The molecular formula is C46H86NO8P. The van der Waals surface area contributed by atoms with Gasteiger partial charge in [-0.2, -0.15) is 0 Å². The first-order valence-corrected chi connectivity index (χ1v) is 24.3.